The maximum atomic E-state index is 12.7. The number of pyridine rings is 4. The van der Waals surface area contributed by atoms with Crippen molar-refractivity contribution in [3.8, 4) is 93.1 Å². The zero-order valence-corrected chi connectivity index (χ0v) is 78.8. The molecule has 0 spiro atoms. The Morgan fingerprint density at radius 1 is 0.413 bits per heavy atom. The summed E-state index contributed by atoms with van der Waals surface area (Å²) in [5, 5.41) is 26.4. The van der Waals surface area contributed by atoms with E-state index >= 15 is 0 Å². The van der Waals surface area contributed by atoms with Crippen molar-refractivity contribution in [1.29, 1.82) is 0 Å². The monoisotopic (exact) mass is 1770 g/mol. The molecule has 25 heteroatoms. The highest BCUT2D eigenvalue weighted by Crippen LogP contribution is 2.47. The average Bonchev–Trinajstić information content (AvgIpc) is 1.64. The standard InChI is InChI=1S/C24H29N3O2S2.3C24H29N3OS2/c1-15(2)5-4-6-17(28)10-21-23(19-7-8-25-13-22(19)31-21)24-27-20(14-30-24)16-9-18(29-3)12-26-11-16;1-15(2)6-4-7-17(28)12-21-23(19-9-11-25-13-22(19)30-21)24-27-20(14-29-24)18-8-5-10-26-16(18)3;1-15(2)5-4-6-17(28)11-21-23(18-8-10-26-13-22(18)30-21)24-27-20(14-29-24)19-12-25-9-7-16(19)3;1-15(2)5-4-6-18(28)10-21-23(19-7-8-25-13-22(19)30-21)24-27-20(14-29-24)17-9-16(3)11-26-12-17/h9,11-12,14-15,25H,4-8,10,13H2,1-3H3;5,8,10,14-15,25H,4,6-7,9,11-13H2,1-3H3;7,9,12,14-15,26H,4-6,8,10-11,13H2,1-3H3;9,11-12,14-15,25H,4-8,10,13H2,1-3H3. The van der Waals surface area contributed by atoms with E-state index in [1.807, 2.05) is 62.3 Å². The molecule has 0 aliphatic carbocycles. The molecule has 0 aromatic carbocycles. The van der Waals surface area contributed by atoms with Crippen LogP contribution in [0.3, 0.4) is 0 Å². The van der Waals surface area contributed by atoms with E-state index in [1.54, 1.807) is 104 Å². The number of rotatable bonds is 33. The number of thiazole rings is 4. The summed E-state index contributed by atoms with van der Waals surface area (Å²) in [7, 11) is 1.64. The Balaban J connectivity index is 0.000000139. The van der Waals surface area contributed by atoms with E-state index in [4.69, 9.17) is 24.7 Å². The molecule has 16 rings (SSSR count). The van der Waals surface area contributed by atoms with E-state index in [1.165, 1.54) is 89.1 Å². The molecule has 0 radical (unpaired) electrons. The Kier molecular flexibility index (Phi) is 33.2. The van der Waals surface area contributed by atoms with Gasteiger partial charge in [0.25, 0.3) is 0 Å². The van der Waals surface area contributed by atoms with Crippen LogP contribution in [0.2, 0.25) is 0 Å². The SMILES string of the molecule is COc1cncc(-c2csc(-c3c(CC(=O)CCCC(C)C)sc4c3CCNC4)n2)c1.Cc1ccncc1-c1csc(-c2c(CC(=O)CCCC(C)C)sc3c2CCNC3)n1.Cc1cncc(-c2csc(-c3c(CC(=O)CCCC(C)C)sc4c3CCNC4)n2)c1.Cc1ncccc1-c1csc(-c2c(CC(=O)CCCC(C)C)sc3c2CCNC3)n1. The summed E-state index contributed by atoms with van der Waals surface area (Å²) < 4.78 is 5.31. The molecule has 0 fully saturated rings. The first-order chi connectivity index (χ1) is 58.6. The molecule has 4 aliphatic heterocycles. The van der Waals surface area contributed by atoms with Gasteiger partial charge in [0.2, 0.25) is 0 Å². The first kappa shape index (κ1) is 91.0. The molecule has 0 saturated carbocycles. The summed E-state index contributed by atoms with van der Waals surface area (Å²) in [6.07, 6.45) is 30.0. The fourth-order valence-electron chi connectivity index (χ4n) is 15.9. The van der Waals surface area contributed by atoms with E-state index in [0.29, 0.717) is 98.2 Å². The number of hydrogen-bond acceptors (Lipinski definition) is 25. The Hall–Kier alpha value is -7.76. The number of nitrogens with one attached hydrogen (secondary N) is 4. The van der Waals surface area contributed by atoms with Gasteiger partial charge >= 0.3 is 0 Å². The largest absolute Gasteiger partial charge is 0.495 e. The topological polar surface area (TPSA) is 229 Å². The summed E-state index contributed by atoms with van der Waals surface area (Å²) in [6, 6.07) is 10.1. The number of methoxy groups -OCH3 is 1. The summed E-state index contributed by atoms with van der Waals surface area (Å²) in [6.45, 7) is 31.4. The zero-order chi connectivity index (χ0) is 85.1. The van der Waals surface area contributed by atoms with Gasteiger partial charge in [-0.3, -0.25) is 39.1 Å². The van der Waals surface area contributed by atoms with E-state index in [0.717, 1.165) is 211 Å². The molecular formula is C96H116N12O5S8. The number of ketones is 4. The lowest BCUT2D eigenvalue weighted by Gasteiger charge is -2.13. The summed E-state index contributed by atoms with van der Waals surface area (Å²) in [5.41, 5.74) is 21.7. The van der Waals surface area contributed by atoms with Gasteiger partial charge in [-0.15, -0.1) is 90.7 Å². The van der Waals surface area contributed by atoms with Crippen LogP contribution in [0.15, 0.2) is 95.2 Å². The molecule has 0 atom stereocenters. The predicted octanol–water partition coefficient (Wildman–Crippen LogP) is 23.0. The van der Waals surface area contributed by atoms with Crippen LogP contribution in [0, 0.1) is 44.4 Å². The fraction of sp³-hybridized carbons (Fsp3) is 0.458. The first-order valence-corrected chi connectivity index (χ1v) is 49.9. The van der Waals surface area contributed by atoms with Crippen LogP contribution in [-0.4, -0.2) is 96.3 Å². The van der Waals surface area contributed by atoms with Gasteiger partial charge in [0.1, 0.15) is 48.9 Å². The lowest BCUT2D eigenvalue weighted by molar-refractivity contribution is -0.119. The number of carbonyl (C=O) groups is 4. The smallest absolute Gasteiger partial charge is 0.138 e. The Bertz CT molecular complexity index is 5330. The first-order valence-electron chi connectivity index (χ1n) is 43.1. The molecule has 17 nitrogen and oxygen atoms in total. The van der Waals surface area contributed by atoms with E-state index in [9.17, 15) is 19.2 Å². The minimum atomic E-state index is 0.335. The van der Waals surface area contributed by atoms with Gasteiger partial charge in [0.15, 0.2) is 0 Å². The molecule has 4 aliphatic rings. The molecule has 4 N–H and O–H groups in total. The highest BCUT2D eigenvalue weighted by molar-refractivity contribution is 7.17. The fourth-order valence-corrected chi connectivity index (χ4v) is 25.2. The van der Waals surface area contributed by atoms with Gasteiger partial charge < -0.3 is 26.0 Å². The molecule has 0 unspecified atom stereocenters. The maximum absolute atomic E-state index is 12.7. The normalized spacial score (nSPS) is 13.6. The number of Topliss-reactive ketones (excluding diaryl/α,β-unsaturated/α-hetero) is 4. The van der Waals surface area contributed by atoms with Crippen molar-refractivity contribution >= 4 is 114 Å². The number of ether oxygens (including phenoxy) is 1. The summed E-state index contributed by atoms with van der Waals surface area (Å²) >= 11 is 13.9. The van der Waals surface area contributed by atoms with Gasteiger partial charge in [-0.25, -0.2) is 19.9 Å². The number of hydrogen-bond donors (Lipinski definition) is 4. The van der Waals surface area contributed by atoms with Crippen LogP contribution in [-0.2, 0) is 96.7 Å². The third-order valence-corrected chi connectivity index (χ3v) is 30.6. The van der Waals surface area contributed by atoms with E-state index in [-0.39, 0.29) is 0 Å². The second-order valence-electron chi connectivity index (χ2n) is 33.8. The molecule has 0 saturated heterocycles. The molecule has 0 bridgehead atoms. The van der Waals surface area contributed by atoms with Crippen LogP contribution < -0.4 is 26.0 Å². The van der Waals surface area contributed by atoms with Gasteiger partial charge in [0, 0.05) is 225 Å². The van der Waals surface area contributed by atoms with Crippen LogP contribution in [0.1, 0.15) is 211 Å². The van der Waals surface area contributed by atoms with Gasteiger partial charge in [0.05, 0.1) is 36.1 Å². The van der Waals surface area contributed by atoms with Gasteiger partial charge in [-0.2, -0.15) is 0 Å². The third-order valence-electron chi connectivity index (χ3n) is 22.3. The quantitative estimate of drug-likeness (QED) is 0.0300. The second kappa shape index (κ2) is 44.2. The number of carbonyl (C=O) groups excluding carboxylic acids is 4. The minimum absolute atomic E-state index is 0.335. The van der Waals surface area contributed by atoms with Crippen LogP contribution >= 0.6 is 90.7 Å². The molecule has 638 valence electrons. The Morgan fingerprint density at radius 2 is 0.769 bits per heavy atom. The van der Waals surface area contributed by atoms with Gasteiger partial charge in [-0.1, -0.05) is 81.1 Å². The predicted molar refractivity (Wildman–Crippen MR) is 507 cm³/mol. The highest BCUT2D eigenvalue weighted by atomic mass is 32.1. The maximum Gasteiger partial charge on any atom is 0.138 e. The van der Waals surface area contributed by atoms with Crippen molar-refractivity contribution in [2.45, 2.75) is 231 Å². The minimum Gasteiger partial charge on any atom is -0.495 e. The van der Waals surface area contributed by atoms with E-state index in [2.05, 4.69) is 144 Å². The number of thiophene rings is 4. The van der Waals surface area contributed by atoms with Gasteiger partial charge in [-0.05, 0) is 186 Å². The van der Waals surface area contributed by atoms with Crippen molar-refractivity contribution in [1.82, 2.24) is 61.1 Å². The third kappa shape index (κ3) is 24.4. The molecule has 16 heterocycles. The Labute approximate surface area is 746 Å². The lowest BCUT2D eigenvalue weighted by Crippen LogP contribution is -2.22. The second-order valence-corrected chi connectivity index (χ2v) is 42.0. The number of aromatic nitrogens is 8. The number of aryl methyl sites for hydroxylation is 3. The number of fused-ring (bicyclic) bond motifs is 4. The van der Waals surface area contributed by atoms with Crippen molar-refractivity contribution < 1.29 is 23.9 Å². The molecule has 121 heavy (non-hydrogen) atoms. The zero-order valence-electron chi connectivity index (χ0n) is 72.2. The molecule has 0 amide bonds. The number of nitrogens with zero attached hydrogens (tertiary/aromatic N) is 8. The van der Waals surface area contributed by atoms with Crippen molar-refractivity contribution in [3.63, 3.8) is 0 Å². The Morgan fingerprint density at radius 3 is 1.12 bits per heavy atom. The van der Waals surface area contributed by atoms with E-state index < -0.39 is 0 Å². The molecular weight excluding hydrogens is 1660 g/mol. The molecule has 12 aromatic heterocycles. The van der Waals surface area contributed by atoms with Crippen molar-refractivity contribution in [2.24, 2.45) is 23.7 Å². The highest BCUT2D eigenvalue weighted by Gasteiger charge is 2.31. The van der Waals surface area contributed by atoms with Crippen molar-refractivity contribution in [2.75, 3.05) is 33.3 Å². The van der Waals surface area contributed by atoms with Crippen molar-refractivity contribution in [3.05, 3.63) is 173 Å². The average molecular weight is 1770 g/mol. The van der Waals surface area contributed by atoms with Crippen LogP contribution in [0.4, 0.5) is 0 Å². The molecule has 12 aromatic rings. The summed E-state index contributed by atoms with van der Waals surface area (Å²) in [5.74, 6) is 4.70. The van der Waals surface area contributed by atoms with Crippen LogP contribution in [0.5, 0.6) is 5.75 Å². The van der Waals surface area contributed by atoms with Crippen LogP contribution in [0.25, 0.3) is 87.3 Å². The summed E-state index contributed by atoms with van der Waals surface area (Å²) in [4.78, 5) is 98.3. The lowest BCUT2D eigenvalue weighted by atomic mass is 9.99.